The van der Waals surface area contributed by atoms with Crippen LogP contribution in [-0.2, 0) is 0 Å². The molecule has 2 atom stereocenters. The van der Waals surface area contributed by atoms with Gasteiger partial charge in [-0.1, -0.05) is 25.1 Å². The Labute approximate surface area is 119 Å². The summed E-state index contributed by atoms with van der Waals surface area (Å²) in [6, 6.07) is 13.1. The molecule has 2 aromatic rings. The summed E-state index contributed by atoms with van der Waals surface area (Å²) in [4.78, 5) is 5.43. The molecule has 0 saturated carbocycles. The quantitative estimate of drug-likeness (QED) is 0.836. The normalized spacial score (nSPS) is 14.1. The first kappa shape index (κ1) is 14.1. The molecule has 1 aromatic carbocycles. The van der Waals surface area contributed by atoms with Gasteiger partial charge in [0.1, 0.15) is 0 Å². The number of hydrogen-bond donors (Lipinski definition) is 1. The predicted octanol–water partition coefficient (Wildman–Crippen LogP) is 3.87. The van der Waals surface area contributed by atoms with Crippen LogP contribution in [0.5, 0.6) is 0 Å². The lowest BCUT2D eigenvalue weighted by atomic mass is 9.89. The van der Waals surface area contributed by atoms with Crippen LogP contribution in [0.1, 0.15) is 30.0 Å². The summed E-state index contributed by atoms with van der Waals surface area (Å²) in [6.07, 6.45) is 5.85. The SMILES string of the molecule is CNC(c1ccccc1SC)C(C)c1ccncc1. The molecule has 0 saturated heterocycles. The van der Waals surface area contributed by atoms with Crippen molar-refractivity contribution in [3.63, 3.8) is 0 Å². The molecular formula is C16H20N2S. The summed E-state index contributed by atoms with van der Waals surface area (Å²) in [6.45, 7) is 2.26. The van der Waals surface area contributed by atoms with Crippen LogP contribution in [0, 0.1) is 0 Å². The Hall–Kier alpha value is -1.32. The van der Waals surface area contributed by atoms with Gasteiger partial charge in [-0.3, -0.25) is 4.98 Å². The first-order valence-corrected chi connectivity index (χ1v) is 7.70. The van der Waals surface area contributed by atoms with Crippen LogP contribution in [0.2, 0.25) is 0 Å². The Morgan fingerprint density at radius 3 is 2.42 bits per heavy atom. The van der Waals surface area contributed by atoms with E-state index in [1.54, 1.807) is 11.8 Å². The van der Waals surface area contributed by atoms with Crippen molar-refractivity contribution in [1.29, 1.82) is 0 Å². The lowest BCUT2D eigenvalue weighted by Gasteiger charge is -2.26. The Morgan fingerprint density at radius 1 is 1.11 bits per heavy atom. The molecule has 0 amide bonds. The summed E-state index contributed by atoms with van der Waals surface area (Å²) in [5.41, 5.74) is 2.67. The maximum absolute atomic E-state index is 4.09. The van der Waals surface area contributed by atoms with E-state index in [0.717, 1.165) is 0 Å². The molecule has 2 unspecified atom stereocenters. The Morgan fingerprint density at radius 2 is 1.79 bits per heavy atom. The second-order valence-electron chi connectivity index (χ2n) is 4.58. The lowest BCUT2D eigenvalue weighted by molar-refractivity contribution is 0.501. The van der Waals surface area contributed by atoms with Crippen molar-refractivity contribution in [2.45, 2.75) is 23.8 Å². The van der Waals surface area contributed by atoms with E-state index in [2.05, 4.69) is 59.9 Å². The van der Waals surface area contributed by atoms with E-state index < -0.39 is 0 Å². The van der Waals surface area contributed by atoms with Crippen LogP contribution in [0.15, 0.2) is 53.7 Å². The van der Waals surface area contributed by atoms with Crippen molar-refractivity contribution in [2.75, 3.05) is 13.3 Å². The minimum Gasteiger partial charge on any atom is -0.312 e. The van der Waals surface area contributed by atoms with Crippen molar-refractivity contribution in [2.24, 2.45) is 0 Å². The van der Waals surface area contributed by atoms with E-state index in [4.69, 9.17) is 0 Å². The van der Waals surface area contributed by atoms with Crippen LogP contribution >= 0.6 is 11.8 Å². The van der Waals surface area contributed by atoms with Crippen molar-refractivity contribution in [3.8, 4) is 0 Å². The van der Waals surface area contributed by atoms with Gasteiger partial charge in [0, 0.05) is 29.2 Å². The first-order valence-electron chi connectivity index (χ1n) is 6.48. The van der Waals surface area contributed by atoms with Crippen molar-refractivity contribution < 1.29 is 0 Å². The average molecular weight is 272 g/mol. The maximum atomic E-state index is 4.09. The summed E-state index contributed by atoms with van der Waals surface area (Å²) < 4.78 is 0. The Bertz CT molecular complexity index is 513. The summed E-state index contributed by atoms with van der Waals surface area (Å²) in [5, 5.41) is 3.46. The average Bonchev–Trinajstić information content (AvgIpc) is 2.49. The Balaban J connectivity index is 2.34. The fraction of sp³-hybridized carbons (Fsp3) is 0.312. The van der Waals surface area contributed by atoms with Gasteiger partial charge in [0.2, 0.25) is 0 Å². The van der Waals surface area contributed by atoms with E-state index in [1.807, 2.05) is 19.4 Å². The third kappa shape index (κ3) is 3.17. The highest BCUT2D eigenvalue weighted by molar-refractivity contribution is 7.98. The van der Waals surface area contributed by atoms with Crippen molar-refractivity contribution in [3.05, 3.63) is 59.9 Å². The third-order valence-electron chi connectivity index (χ3n) is 3.52. The highest BCUT2D eigenvalue weighted by atomic mass is 32.2. The van der Waals surface area contributed by atoms with E-state index in [0.29, 0.717) is 12.0 Å². The number of nitrogens with one attached hydrogen (secondary N) is 1. The standard InChI is InChI=1S/C16H20N2S/c1-12(13-8-10-18-11-9-13)16(17-2)14-6-4-5-7-15(14)19-3/h4-12,16-17H,1-3H3. The molecule has 2 rings (SSSR count). The van der Waals surface area contributed by atoms with Gasteiger partial charge < -0.3 is 5.32 Å². The summed E-state index contributed by atoms with van der Waals surface area (Å²) in [7, 11) is 2.03. The zero-order valence-electron chi connectivity index (χ0n) is 11.6. The molecule has 0 fully saturated rings. The number of pyridine rings is 1. The molecule has 0 bridgehead atoms. The van der Waals surface area contributed by atoms with Gasteiger partial charge in [-0.15, -0.1) is 11.8 Å². The molecule has 1 heterocycles. The molecule has 0 spiro atoms. The summed E-state index contributed by atoms with van der Waals surface area (Å²) in [5.74, 6) is 0.404. The second-order valence-corrected chi connectivity index (χ2v) is 5.43. The fourth-order valence-corrected chi connectivity index (χ4v) is 3.10. The number of benzene rings is 1. The fourth-order valence-electron chi connectivity index (χ4n) is 2.46. The summed E-state index contributed by atoms with van der Waals surface area (Å²) >= 11 is 1.80. The highest BCUT2D eigenvalue weighted by Crippen LogP contribution is 2.34. The molecule has 1 N–H and O–H groups in total. The van der Waals surface area contributed by atoms with Crippen molar-refractivity contribution >= 4 is 11.8 Å². The minimum atomic E-state index is 0.311. The van der Waals surface area contributed by atoms with E-state index in [-0.39, 0.29) is 0 Å². The number of aromatic nitrogens is 1. The van der Waals surface area contributed by atoms with Gasteiger partial charge in [0.15, 0.2) is 0 Å². The zero-order valence-corrected chi connectivity index (χ0v) is 12.4. The number of hydrogen-bond acceptors (Lipinski definition) is 3. The van der Waals surface area contributed by atoms with Crippen LogP contribution in [-0.4, -0.2) is 18.3 Å². The number of likely N-dealkylation sites (N-methyl/N-ethyl adjacent to an activating group) is 1. The van der Waals surface area contributed by atoms with Crippen LogP contribution in [0.4, 0.5) is 0 Å². The van der Waals surface area contributed by atoms with Gasteiger partial charge in [-0.05, 0) is 42.6 Å². The third-order valence-corrected chi connectivity index (χ3v) is 4.33. The van der Waals surface area contributed by atoms with Gasteiger partial charge >= 0.3 is 0 Å². The minimum absolute atomic E-state index is 0.311. The van der Waals surface area contributed by atoms with Gasteiger partial charge in [0.05, 0.1) is 0 Å². The molecule has 100 valence electrons. The molecule has 0 radical (unpaired) electrons. The molecule has 0 aliphatic rings. The molecule has 0 aliphatic heterocycles. The molecular weight excluding hydrogens is 252 g/mol. The van der Waals surface area contributed by atoms with Gasteiger partial charge in [-0.25, -0.2) is 0 Å². The number of nitrogens with zero attached hydrogens (tertiary/aromatic N) is 1. The van der Waals surface area contributed by atoms with Gasteiger partial charge in [-0.2, -0.15) is 0 Å². The molecule has 3 heteroatoms. The maximum Gasteiger partial charge on any atom is 0.0395 e. The van der Waals surface area contributed by atoms with E-state index >= 15 is 0 Å². The number of thioether (sulfide) groups is 1. The van der Waals surface area contributed by atoms with Crippen LogP contribution in [0.3, 0.4) is 0 Å². The smallest absolute Gasteiger partial charge is 0.0395 e. The molecule has 1 aromatic heterocycles. The molecule has 0 aliphatic carbocycles. The van der Waals surface area contributed by atoms with E-state index in [9.17, 15) is 0 Å². The largest absolute Gasteiger partial charge is 0.312 e. The van der Waals surface area contributed by atoms with E-state index in [1.165, 1.54) is 16.0 Å². The molecule has 2 nitrogen and oxygen atoms in total. The van der Waals surface area contributed by atoms with Crippen LogP contribution in [0.25, 0.3) is 0 Å². The molecule has 19 heavy (non-hydrogen) atoms. The van der Waals surface area contributed by atoms with Crippen LogP contribution < -0.4 is 5.32 Å². The van der Waals surface area contributed by atoms with Crippen molar-refractivity contribution in [1.82, 2.24) is 10.3 Å². The number of rotatable bonds is 5. The highest BCUT2D eigenvalue weighted by Gasteiger charge is 2.21. The topological polar surface area (TPSA) is 24.9 Å². The van der Waals surface area contributed by atoms with Gasteiger partial charge in [0.25, 0.3) is 0 Å². The predicted molar refractivity (Wildman–Crippen MR) is 82.7 cm³/mol. The second kappa shape index (κ2) is 6.73. The Kier molecular flexibility index (Phi) is 5.00. The monoisotopic (exact) mass is 272 g/mol. The zero-order chi connectivity index (χ0) is 13.7. The lowest BCUT2D eigenvalue weighted by Crippen LogP contribution is -2.22. The first-order chi connectivity index (χ1) is 9.27.